The summed E-state index contributed by atoms with van der Waals surface area (Å²) >= 11 is 0. The van der Waals surface area contributed by atoms with E-state index >= 15 is 0 Å². The molecule has 0 amide bonds. The third kappa shape index (κ3) is 3.63. The molecule has 32 heavy (non-hydrogen) atoms. The number of fused-ring (bicyclic) bond motifs is 1. The molecule has 0 unspecified atom stereocenters. The number of hydrogen-bond donors (Lipinski definition) is 4. The quantitative estimate of drug-likeness (QED) is 0.427. The highest BCUT2D eigenvalue weighted by Crippen LogP contribution is 2.35. The Kier molecular flexibility index (Phi) is 5.78. The zero-order chi connectivity index (χ0) is 22.2. The van der Waals surface area contributed by atoms with Crippen molar-refractivity contribution in [1.82, 2.24) is 19.5 Å². The average Bonchev–Trinajstić information content (AvgIpc) is 3.51. The molecule has 0 bridgehead atoms. The van der Waals surface area contributed by atoms with Crippen molar-refractivity contribution in [2.75, 3.05) is 11.5 Å². The Balaban J connectivity index is 1.55. The van der Waals surface area contributed by atoms with E-state index in [1.807, 2.05) is 30.3 Å². The minimum atomic E-state index is -1.24. The molecule has 2 aliphatic rings. The van der Waals surface area contributed by atoms with Gasteiger partial charge in [-0.2, -0.15) is 0 Å². The third-order valence-electron chi connectivity index (χ3n) is 6.44. The van der Waals surface area contributed by atoms with E-state index in [0.29, 0.717) is 23.5 Å². The minimum absolute atomic E-state index is 0.104. The Hall–Kier alpha value is -2.63. The topological polar surface area (TPSA) is 137 Å². The molecule has 4 N–H and O–H groups in total. The highest BCUT2D eigenvalue weighted by Gasteiger charge is 2.44. The summed E-state index contributed by atoms with van der Waals surface area (Å²) in [4.78, 5) is 15.5. The standard InChI is InChI=1S/C22H27N5O5/c28-10-16-18(30)19(31)22(32-16)27-12-25-17-20(23-11-24-21(17)27)26(14-7-4-8-15(14)29)9-13-5-2-1-3-6-13/h1-3,5-6,11-12,14-16,18-19,22,28-31H,4,7-10H2/t14-,15+,16+,18+,19+,22+/m0/s1. The van der Waals surface area contributed by atoms with E-state index in [1.54, 1.807) is 4.57 Å². The first-order valence-electron chi connectivity index (χ1n) is 10.9. The summed E-state index contributed by atoms with van der Waals surface area (Å²) in [5.74, 6) is 0.593. The van der Waals surface area contributed by atoms with Crippen LogP contribution >= 0.6 is 0 Å². The van der Waals surface area contributed by atoms with Gasteiger partial charge in [-0.25, -0.2) is 15.0 Å². The van der Waals surface area contributed by atoms with Gasteiger partial charge in [0.05, 0.1) is 25.1 Å². The maximum atomic E-state index is 10.7. The van der Waals surface area contributed by atoms with Gasteiger partial charge >= 0.3 is 0 Å². The fraction of sp³-hybridized carbons (Fsp3) is 0.500. The maximum absolute atomic E-state index is 10.7. The molecule has 3 aromatic rings. The minimum Gasteiger partial charge on any atom is -0.394 e. The molecular formula is C22H27N5O5. The first-order valence-corrected chi connectivity index (χ1v) is 10.9. The zero-order valence-electron chi connectivity index (χ0n) is 17.5. The highest BCUT2D eigenvalue weighted by atomic mass is 16.6. The van der Waals surface area contributed by atoms with Gasteiger partial charge in [-0.1, -0.05) is 30.3 Å². The Morgan fingerprint density at radius 2 is 1.84 bits per heavy atom. The van der Waals surface area contributed by atoms with Crippen LogP contribution in [0.3, 0.4) is 0 Å². The van der Waals surface area contributed by atoms with E-state index in [4.69, 9.17) is 4.74 Å². The van der Waals surface area contributed by atoms with Gasteiger partial charge in [-0.15, -0.1) is 0 Å². The molecule has 6 atom stereocenters. The van der Waals surface area contributed by atoms with Crippen LogP contribution in [0.2, 0.25) is 0 Å². The number of benzene rings is 1. The third-order valence-corrected chi connectivity index (χ3v) is 6.44. The number of hydrogen-bond acceptors (Lipinski definition) is 9. The van der Waals surface area contributed by atoms with Gasteiger partial charge in [0.25, 0.3) is 0 Å². The predicted molar refractivity (Wildman–Crippen MR) is 115 cm³/mol. The molecule has 2 fully saturated rings. The fourth-order valence-electron chi connectivity index (χ4n) is 4.76. The molecule has 0 spiro atoms. The van der Waals surface area contributed by atoms with Gasteiger partial charge in [0.15, 0.2) is 23.2 Å². The molecule has 1 saturated heterocycles. The number of nitrogens with zero attached hydrogens (tertiary/aromatic N) is 5. The first-order chi connectivity index (χ1) is 15.6. The number of aromatic nitrogens is 4. The van der Waals surface area contributed by atoms with Crippen LogP contribution in [-0.4, -0.2) is 77.0 Å². The largest absolute Gasteiger partial charge is 0.394 e. The van der Waals surface area contributed by atoms with Crippen LogP contribution in [-0.2, 0) is 11.3 Å². The van der Waals surface area contributed by atoms with E-state index in [-0.39, 0.29) is 6.04 Å². The van der Waals surface area contributed by atoms with Gasteiger partial charge in [0, 0.05) is 6.54 Å². The lowest BCUT2D eigenvalue weighted by Gasteiger charge is -2.32. The Bertz CT molecular complexity index is 1060. The number of anilines is 1. The van der Waals surface area contributed by atoms with Crippen molar-refractivity contribution in [3.05, 3.63) is 48.5 Å². The Morgan fingerprint density at radius 1 is 1.03 bits per heavy atom. The fourth-order valence-corrected chi connectivity index (χ4v) is 4.76. The molecule has 10 nitrogen and oxygen atoms in total. The van der Waals surface area contributed by atoms with Gasteiger partial charge < -0.3 is 30.1 Å². The number of imidazole rings is 1. The molecule has 5 rings (SSSR count). The molecule has 1 aromatic carbocycles. The van der Waals surface area contributed by atoms with Crippen LogP contribution < -0.4 is 4.90 Å². The summed E-state index contributed by atoms with van der Waals surface area (Å²) in [6.45, 7) is 0.140. The molecular weight excluding hydrogens is 414 g/mol. The zero-order valence-corrected chi connectivity index (χ0v) is 17.5. The summed E-state index contributed by atoms with van der Waals surface area (Å²) in [5, 5.41) is 40.7. The summed E-state index contributed by atoms with van der Waals surface area (Å²) in [6.07, 6.45) is 0.689. The Morgan fingerprint density at radius 3 is 2.53 bits per heavy atom. The van der Waals surface area contributed by atoms with Crippen molar-refractivity contribution >= 4 is 17.0 Å². The van der Waals surface area contributed by atoms with Crippen LogP contribution in [0, 0.1) is 0 Å². The summed E-state index contributed by atoms with van der Waals surface area (Å²) in [7, 11) is 0. The van der Waals surface area contributed by atoms with Gasteiger partial charge in [0.2, 0.25) is 0 Å². The summed E-state index contributed by atoms with van der Waals surface area (Å²) in [5.41, 5.74) is 2.04. The second kappa shape index (κ2) is 8.72. The van der Waals surface area contributed by atoms with Crippen LogP contribution in [0.4, 0.5) is 5.82 Å². The van der Waals surface area contributed by atoms with Gasteiger partial charge in [0.1, 0.15) is 24.6 Å². The predicted octanol–water partition coefficient (Wildman–Crippen LogP) is 0.358. The van der Waals surface area contributed by atoms with Gasteiger partial charge in [-0.3, -0.25) is 4.57 Å². The van der Waals surface area contributed by atoms with Crippen LogP contribution in [0.1, 0.15) is 31.1 Å². The van der Waals surface area contributed by atoms with Crippen molar-refractivity contribution in [2.24, 2.45) is 0 Å². The second-order valence-corrected chi connectivity index (χ2v) is 8.43. The summed E-state index contributed by atoms with van der Waals surface area (Å²) < 4.78 is 7.21. The SMILES string of the molecule is OC[C@H]1O[C@@H](n2cnc3c(N(Cc4ccccc4)[C@H]4CCC[C@H]4O)ncnc32)[C@H](O)[C@@H]1O. The molecule has 1 aliphatic heterocycles. The lowest BCUT2D eigenvalue weighted by atomic mass is 10.1. The number of ether oxygens (including phenoxy) is 1. The molecule has 0 radical (unpaired) electrons. The lowest BCUT2D eigenvalue weighted by Crippen LogP contribution is -2.40. The van der Waals surface area contributed by atoms with E-state index in [2.05, 4.69) is 19.9 Å². The van der Waals surface area contributed by atoms with E-state index in [0.717, 1.165) is 24.8 Å². The van der Waals surface area contributed by atoms with Crippen molar-refractivity contribution in [3.63, 3.8) is 0 Å². The van der Waals surface area contributed by atoms with E-state index < -0.39 is 37.3 Å². The maximum Gasteiger partial charge on any atom is 0.167 e. The lowest BCUT2D eigenvalue weighted by molar-refractivity contribution is -0.0511. The molecule has 1 saturated carbocycles. The molecule has 2 aromatic heterocycles. The number of aliphatic hydroxyl groups is 4. The first kappa shape index (κ1) is 21.2. The highest BCUT2D eigenvalue weighted by molar-refractivity contribution is 5.83. The molecule has 10 heteroatoms. The monoisotopic (exact) mass is 441 g/mol. The smallest absolute Gasteiger partial charge is 0.167 e. The number of aliphatic hydroxyl groups excluding tert-OH is 4. The second-order valence-electron chi connectivity index (χ2n) is 8.43. The van der Waals surface area contributed by atoms with Crippen LogP contribution in [0.15, 0.2) is 43.0 Å². The molecule has 170 valence electrons. The normalized spacial score (nSPS) is 30.2. The summed E-state index contributed by atoms with van der Waals surface area (Å²) in [6, 6.07) is 9.88. The molecule has 1 aliphatic carbocycles. The molecule has 3 heterocycles. The Labute approximate surface area is 184 Å². The van der Waals surface area contributed by atoms with E-state index in [9.17, 15) is 20.4 Å². The van der Waals surface area contributed by atoms with E-state index in [1.165, 1.54) is 12.7 Å². The van der Waals surface area contributed by atoms with Crippen LogP contribution in [0.25, 0.3) is 11.2 Å². The van der Waals surface area contributed by atoms with Crippen LogP contribution in [0.5, 0.6) is 0 Å². The number of rotatable bonds is 6. The van der Waals surface area contributed by atoms with Crippen molar-refractivity contribution in [1.29, 1.82) is 0 Å². The van der Waals surface area contributed by atoms with Crippen molar-refractivity contribution < 1.29 is 25.2 Å². The van der Waals surface area contributed by atoms with Crippen molar-refractivity contribution in [3.8, 4) is 0 Å². The van der Waals surface area contributed by atoms with Gasteiger partial charge in [-0.05, 0) is 24.8 Å². The van der Waals surface area contributed by atoms with Crippen molar-refractivity contribution in [2.45, 2.75) is 62.5 Å². The average molecular weight is 441 g/mol.